The molecule has 0 heterocycles. The summed E-state index contributed by atoms with van der Waals surface area (Å²) in [7, 11) is 1.36. The van der Waals surface area contributed by atoms with Gasteiger partial charge in [0.25, 0.3) is 5.91 Å². The normalized spacial score (nSPS) is 11.4. The fraction of sp³-hybridized carbons (Fsp3) is 0.308. The summed E-state index contributed by atoms with van der Waals surface area (Å²) >= 11 is 11.6. The molecule has 114 valence electrons. The molecule has 1 atom stereocenters. The summed E-state index contributed by atoms with van der Waals surface area (Å²) in [6, 6.07) is 4.06. The molecule has 0 aromatic heterocycles. The fourth-order valence-corrected chi connectivity index (χ4v) is 1.71. The van der Waals surface area contributed by atoms with Crippen molar-refractivity contribution in [2.24, 2.45) is 0 Å². The first-order valence-corrected chi connectivity index (χ1v) is 6.75. The molecule has 0 radical (unpaired) electrons. The number of hydrogen-bond donors (Lipinski definition) is 2. The maximum atomic E-state index is 11.7. The lowest BCUT2D eigenvalue weighted by molar-refractivity contribution is -0.153. The van der Waals surface area contributed by atoms with Gasteiger partial charge in [-0.15, -0.1) is 0 Å². The smallest absolute Gasteiger partial charge is 0.321 e. The van der Waals surface area contributed by atoms with E-state index in [0.717, 1.165) is 0 Å². The van der Waals surface area contributed by atoms with Crippen LogP contribution in [0.1, 0.15) is 12.5 Å². The second-order valence-electron chi connectivity index (χ2n) is 4.13. The van der Waals surface area contributed by atoms with Gasteiger partial charge in [-0.25, -0.2) is 4.79 Å². The highest BCUT2D eigenvalue weighted by atomic mass is 35.5. The molecular weight excluding hydrogens is 319 g/mol. The number of rotatable bonds is 4. The highest BCUT2D eigenvalue weighted by Crippen LogP contribution is 2.22. The first kappa shape index (κ1) is 17.3. The van der Waals surface area contributed by atoms with Gasteiger partial charge in [-0.05, 0) is 24.6 Å². The molecular formula is C13H14Cl2N2O4. The molecule has 0 unspecified atom stereocenters. The molecule has 21 heavy (non-hydrogen) atoms. The number of carbonyl (C=O) groups is 3. The molecule has 0 aliphatic carbocycles. The standard InChI is InChI=1S/C13H14Cl2N2O4/c1-7(12(19)17-13(20)16-2)21-11(18)6-8-3-4-9(14)10(15)5-8/h3-5,7H,6H2,1-2H3,(H2,16,17,19,20)/t7-/m0/s1. The minimum atomic E-state index is -1.09. The average molecular weight is 333 g/mol. The van der Waals surface area contributed by atoms with Gasteiger partial charge in [-0.1, -0.05) is 29.3 Å². The molecule has 0 bridgehead atoms. The Morgan fingerprint density at radius 2 is 1.90 bits per heavy atom. The lowest BCUT2D eigenvalue weighted by atomic mass is 10.1. The molecule has 1 aromatic rings. The van der Waals surface area contributed by atoms with Crippen LogP contribution in [0, 0.1) is 0 Å². The zero-order chi connectivity index (χ0) is 16.0. The molecule has 0 saturated carbocycles. The minimum absolute atomic E-state index is 0.0610. The van der Waals surface area contributed by atoms with Crippen molar-refractivity contribution < 1.29 is 19.1 Å². The summed E-state index contributed by atoms with van der Waals surface area (Å²) in [6.07, 6.45) is -1.15. The number of hydrogen-bond acceptors (Lipinski definition) is 4. The van der Waals surface area contributed by atoms with E-state index in [4.69, 9.17) is 27.9 Å². The number of esters is 1. The van der Waals surface area contributed by atoms with E-state index >= 15 is 0 Å². The molecule has 0 spiro atoms. The van der Waals surface area contributed by atoms with Crippen molar-refractivity contribution in [3.8, 4) is 0 Å². The van der Waals surface area contributed by atoms with E-state index in [9.17, 15) is 14.4 Å². The molecule has 0 saturated heterocycles. The van der Waals surface area contributed by atoms with E-state index < -0.39 is 24.0 Å². The third-order valence-electron chi connectivity index (χ3n) is 2.47. The van der Waals surface area contributed by atoms with Crippen LogP contribution in [0.3, 0.4) is 0 Å². The van der Waals surface area contributed by atoms with Gasteiger partial charge in [0.05, 0.1) is 16.5 Å². The second-order valence-corrected chi connectivity index (χ2v) is 4.94. The Morgan fingerprint density at radius 1 is 1.24 bits per heavy atom. The van der Waals surface area contributed by atoms with Gasteiger partial charge in [-0.3, -0.25) is 14.9 Å². The molecule has 8 heteroatoms. The summed E-state index contributed by atoms with van der Waals surface area (Å²) in [5, 5.41) is 4.94. The van der Waals surface area contributed by atoms with Crippen LogP contribution in [0.4, 0.5) is 4.79 Å². The molecule has 1 rings (SSSR count). The SMILES string of the molecule is CNC(=O)NC(=O)[C@H](C)OC(=O)Cc1ccc(Cl)c(Cl)c1. The summed E-state index contributed by atoms with van der Waals surface area (Å²) in [4.78, 5) is 34.2. The molecule has 0 aliphatic rings. The summed E-state index contributed by atoms with van der Waals surface area (Å²) < 4.78 is 4.92. The molecule has 3 amide bonds. The van der Waals surface area contributed by atoms with Crippen LogP contribution in [0.2, 0.25) is 10.0 Å². The average Bonchev–Trinajstić information content (AvgIpc) is 2.42. The Hall–Kier alpha value is -1.79. The predicted octanol–water partition coefficient (Wildman–Crippen LogP) is 1.92. The highest BCUT2D eigenvalue weighted by Gasteiger charge is 2.19. The maximum absolute atomic E-state index is 11.7. The van der Waals surface area contributed by atoms with Gasteiger partial charge < -0.3 is 10.1 Å². The van der Waals surface area contributed by atoms with Crippen LogP contribution in [0.25, 0.3) is 0 Å². The van der Waals surface area contributed by atoms with E-state index in [1.165, 1.54) is 14.0 Å². The van der Waals surface area contributed by atoms with Crippen molar-refractivity contribution in [2.75, 3.05) is 7.05 Å². The van der Waals surface area contributed by atoms with Crippen molar-refractivity contribution in [3.05, 3.63) is 33.8 Å². The van der Waals surface area contributed by atoms with Gasteiger partial charge in [0, 0.05) is 7.05 Å². The van der Waals surface area contributed by atoms with Crippen molar-refractivity contribution in [1.82, 2.24) is 10.6 Å². The molecule has 6 nitrogen and oxygen atoms in total. The van der Waals surface area contributed by atoms with Crippen molar-refractivity contribution >= 4 is 41.1 Å². The number of amides is 3. The van der Waals surface area contributed by atoms with Crippen LogP contribution in [-0.4, -0.2) is 31.1 Å². The molecule has 0 aliphatic heterocycles. The van der Waals surface area contributed by atoms with Crippen molar-refractivity contribution in [2.45, 2.75) is 19.4 Å². The maximum Gasteiger partial charge on any atom is 0.321 e. The van der Waals surface area contributed by atoms with E-state index in [-0.39, 0.29) is 6.42 Å². The van der Waals surface area contributed by atoms with E-state index in [2.05, 4.69) is 5.32 Å². The van der Waals surface area contributed by atoms with Crippen LogP contribution < -0.4 is 10.6 Å². The highest BCUT2D eigenvalue weighted by molar-refractivity contribution is 6.42. The fourth-order valence-electron chi connectivity index (χ4n) is 1.38. The van der Waals surface area contributed by atoms with Crippen LogP contribution in [0.5, 0.6) is 0 Å². The Balaban J connectivity index is 2.54. The molecule has 0 fully saturated rings. The first-order valence-electron chi connectivity index (χ1n) is 5.99. The largest absolute Gasteiger partial charge is 0.452 e. The number of carbonyl (C=O) groups excluding carboxylic acids is 3. The van der Waals surface area contributed by atoms with Gasteiger partial charge >= 0.3 is 12.0 Å². The number of halogens is 2. The lowest BCUT2D eigenvalue weighted by Crippen LogP contribution is -2.43. The third-order valence-corrected chi connectivity index (χ3v) is 3.21. The first-order chi connectivity index (χ1) is 9.83. The minimum Gasteiger partial charge on any atom is -0.452 e. The molecule has 1 aromatic carbocycles. The third kappa shape index (κ3) is 5.61. The van der Waals surface area contributed by atoms with E-state index in [1.54, 1.807) is 18.2 Å². The van der Waals surface area contributed by atoms with Crippen LogP contribution in [0.15, 0.2) is 18.2 Å². The Bertz CT molecular complexity index is 563. The molecule has 2 N–H and O–H groups in total. The second kappa shape index (κ2) is 7.85. The van der Waals surface area contributed by atoms with E-state index in [1.807, 2.05) is 5.32 Å². The van der Waals surface area contributed by atoms with Crippen LogP contribution >= 0.6 is 23.2 Å². The predicted molar refractivity (Wildman–Crippen MR) is 78.3 cm³/mol. The lowest BCUT2D eigenvalue weighted by Gasteiger charge is -2.12. The monoisotopic (exact) mass is 332 g/mol. The zero-order valence-electron chi connectivity index (χ0n) is 11.4. The van der Waals surface area contributed by atoms with Gasteiger partial charge in [0.1, 0.15) is 0 Å². The summed E-state index contributed by atoms with van der Waals surface area (Å²) in [6.45, 7) is 1.37. The number of imide groups is 1. The van der Waals surface area contributed by atoms with Gasteiger partial charge in [0.2, 0.25) is 0 Å². The number of nitrogens with one attached hydrogen (secondary N) is 2. The van der Waals surface area contributed by atoms with Crippen molar-refractivity contribution in [3.63, 3.8) is 0 Å². The van der Waals surface area contributed by atoms with Gasteiger partial charge in [-0.2, -0.15) is 0 Å². The summed E-state index contributed by atoms with van der Waals surface area (Å²) in [5.74, 6) is -1.33. The Kier molecular flexibility index (Phi) is 6.45. The Morgan fingerprint density at radius 3 is 2.48 bits per heavy atom. The summed E-state index contributed by atoms with van der Waals surface area (Å²) in [5.41, 5.74) is 0.605. The van der Waals surface area contributed by atoms with Crippen molar-refractivity contribution in [1.29, 1.82) is 0 Å². The zero-order valence-corrected chi connectivity index (χ0v) is 12.9. The number of urea groups is 1. The topological polar surface area (TPSA) is 84.5 Å². The van der Waals surface area contributed by atoms with Crippen LogP contribution in [-0.2, 0) is 20.7 Å². The number of benzene rings is 1. The van der Waals surface area contributed by atoms with Gasteiger partial charge in [0.15, 0.2) is 6.10 Å². The van der Waals surface area contributed by atoms with E-state index in [0.29, 0.717) is 15.6 Å². The quantitative estimate of drug-likeness (QED) is 0.825. The Labute approximate surface area is 131 Å². The number of ether oxygens (including phenoxy) is 1.